The lowest BCUT2D eigenvalue weighted by Gasteiger charge is -2.21. The van der Waals surface area contributed by atoms with Crippen LogP contribution in [0.25, 0.3) is 0 Å². The fourth-order valence-corrected chi connectivity index (χ4v) is 2.48. The van der Waals surface area contributed by atoms with Crippen LogP contribution in [-0.2, 0) is 14.3 Å². The Kier molecular flexibility index (Phi) is 5.29. The summed E-state index contributed by atoms with van der Waals surface area (Å²) in [6, 6.07) is 0. The van der Waals surface area contributed by atoms with Gasteiger partial charge in [0.2, 0.25) is 11.8 Å². The molecule has 1 atom stereocenters. The van der Waals surface area contributed by atoms with Crippen LogP contribution in [0.4, 0.5) is 5.13 Å². The summed E-state index contributed by atoms with van der Waals surface area (Å²) in [5.41, 5.74) is 0. The van der Waals surface area contributed by atoms with E-state index in [1.807, 2.05) is 0 Å². The molecule has 1 aromatic heterocycles. The zero-order chi connectivity index (χ0) is 13.5. The molecule has 1 aromatic rings. The van der Waals surface area contributed by atoms with Gasteiger partial charge in [-0.25, -0.2) is 4.98 Å². The van der Waals surface area contributed by atoms with Crippen LogP contribution in [0.2, 0.25) is 0 Å². The van der Waals surface area contributed by atoms with Crippen LogP contribution < -0.4 is 10.6 Å². The molecule has 1 fully saturated rings. The van der Waals surface area contributed by atoms with E-state index in [0.717, 1.165) is 19.4 Å². The van der Waals surface area contributed by atoms with Crippen molar-refractivity contribution in [3.63, 3.8) is 0 Å². The molecule has 2 rings (SSSR count). The number of ether oxygens (including phenoxy) is 1. The Morgan fingerprint density at radius 1 is 1.47 bits per heavy atom. The van der Waals surface area contributed by atoms with Crippen molar-refractivity contribution in [3.8, 4) is 0 Å². The molecular formula is C12H17N3O3S. The Morgan fingerprint density at radius 2 is 2.37 bits per heavy atom. The summed E-state index contributed by atoms with van der Waals surface area (Å²) in [5.74, 6) is -0.0937. The molecule has 0 aromatic carbocycles. The van der Waals surface area contributed by atoms with Gasteiger partial charge in [-0.05, 0) is 18.8 Å². The normalized spacial score (nSPS) is 18.8. The van der Waals surface area contributed by atoms with E-state index in [2.05, 4.69) is 15.6 Å². The fourth-order valence-electron chi connectivity index (χ4n) is 1.93. The minimum atomic E-state index is -0.261. The molecule has 0 unspecified atom stereocenters. The molecule has 104 valence electrons. The highest BCUT2D eigenvalue weighted by atomic mass is 32.1. The summed E-state index contributed by atoms with van der Waals surface area (Å²) in [6.45, 7) is 1.40. The maximum absolute atomic E-state index is 11.7. The molecule has 7 heteroatoms. The van der Waals surface area contributed by atoms with E-state index in [-0.39, 0.29) is 24.3 Å². The lowest BCUT2D eigenvalue weighted by Crippen LogP contribution is -2.34. The Labute approximate surface area is 115 Å². The number of amides is 2. The van der Waals surface area contributed by atoms with Crippen LogP contribution in [0.3, 0.4) is 0 Å². The molecule has 0 spiro atoms. The summed E-state index contributed by atoms with van der Waals surface area (Å²) in [4.78, 5) is 27.1. The quantitative estimate of drug-likeness (QED) is 0.845. The van der Waals surface area contributed by atoms with E-state index >= 15 is 0 Å². The van der Waals surface area contributed by atoms with Gasteiger partial charge in [-0.2, -0.15) is 0 Å². The average Bonchev–Trinajstić information content (AvgIpc) is 2.90. The number of hydrogen-bond acceptors (Lipinski definition) is 5. The average molecular weight is 283 g/mol. The number of carbonyl (C=O) groups is 2. The van der Waals surface area contributed by atoms with Gasteiger partial charge >= 0.3 is 0 Å². The number of anilines is 1. The van der Waals surface area contributed by atoms with Gasteiger partial charge < -0.3 is 15.4 Å². The molecule has 1 aliphatic heterocycles. The van der Waals surface area contributed by atoms with Crippen molar-refractivity contribution >= 4 is 28.3 Å². The van der Waals surface area contributed by atoms with Gasteiger partial charge in [-0.15, -0.1) is 11.3 Å². The lowest BCUT2D eigenvalue weighted by molar-refractivity contribution is -0.125. The summed E-state index contributed by atoms with van der Waals surface area (Å²) in [7, 11) is 0. The third-order valence-electron chi connectivity index (χ3n) is 2.85. The Bertz CT molecular complexity index is 416. The van der Waals surface area contributed by atoms with Crippen LogP contribution in [0.1, 0.15) is 19.3 Å². The van der Waals surface area contributed by atoms with Crippen molar-refractivity contribution < 1.29 is 14.3 Å². The highest BCUT2D eigenvalue weighted by Gasteiger charge is 2.17. The molecule has 0 aliphatic carbocycles. The summed E-state index contributed by atoms with van der Waals surface area (Å²) < 4.78 is 5.31. The van der Waals surface area contributed by atoms with Gasteiger partial charge in [0.1, 0.15) is 0 Å². The molecule has 2 amide bonds. The fraction of sp³-hybridized carbons (Fsp3) is 0.583. The molecule has 0 saturated carbocycles. The third kappa shape index (κ3) is 4.96. The molecule has 0 bridgehead atoms. The maximum Gasteiger partial charge on any atom is 0.245 e. The number of aromatic nitrogens is 1. The zero-order valence-corrected chi connectivity index (χ0v) is 11.4. The van der Waals surface area contributed by atoms with Crippen molar-refractivity contribution in [1.82, 2.24) is 10.3 Å². The van der Waals surface area contributed by atoms with Crippen molar-refractivity contribution in [1.29, 1.82) is 0 Å². The first-order valence-electron chi connectivity index (χ1n) is 6.28. The molecular weight excluding hydrogens is 266 g/mol. The molecule has 6 nitrogen and oxygen atoms in total. The number of hydrogen-bond donors (Lipinski definition) is 2. The molecule has 1 saturated heterocycles. The first-order chi connectivity index (χ1) is 9.24. The smallest absolute Gasteiger partial charge is 0.245 e. The number of carbonyl (C=O) groups excluding carboxylic acids is 2. The maximum atomic E-state index is 11.7. The number of nitrogens with zero attached hydrogens (tertiary/aromatic N) is 1. The van der Waals surface area contributed by atoms with E-state index in [1.165, 1.54) is 11.3 Å². The first kappa shape index (κ1) is 14.0. The minimum absolute atomic E-state index is 0.0218. The topological polar surface area (TPSA) is 80.3 Å². The Morgan fingerprint density at radius 3 is 3.05 bits per heavy atom. The van der Waals surface area contributed by atoms with Crippen molar-refractivity contribution in [2.75, 3.05) is 25.1 Å². The number of nitrogens with one attached hydrogen (secondary N) is 2. The first-order valence-corrected chi connectivity index (χ1v) is 7.16. The van der Waals surface area contributed by atoms with E-state index in [0.29, 0.717) is 18.2 Å². The highest BCUT2D eigenvalue weighted by Crippen LogP contribution is 2.16. The van der Waals surface area contributed by atoms with Gasteiger partial charge in [0.15, 0.2) is 5.13 Å². The summed E-state index contributed by atoms with van der Waals surface area (Å²) in [5, 5.41) is 7.54. The van der Waals surface area contributed by atoms with E-state index in [4.69, 9.17) is 4.74 Å². The lowest BCUT2D eigenvalue weighted by atomic mass is 9.98. The highest BCUT2D eigenvalue weighted by molar-refractivity contribution is 7.13. The van der Waals surface area contributed by atoms with Gasteiger partial charge in [0, 0.05) is 31.2 Å². The second-order valence-electron chi connectivity index (χ2n) is 4.45. The van der Waals surface area contributed by atoms with Crippen LogP contribution in [0.5, 0.6) is 0 Å². The second-order valence-corrected chi connectivity index (χ2v) is 5.34. The van der Waals surface area contributed by atoms with Crippen LogP contribution in [-0.4, -0.2) is 36.6 Å². The molecule has 1 aliphatic rings. The second kappa shape index (κ2) is 7.20. The van der Waals surface area contributed by atoms with Gasteiger partial charge in [-0.1, -0.05) is 0 Å². The summed E-state index contributed by atoms with van der Waals surface area (Å²) in [6.07, 6.45) is 4.05. The van der Waals surface area contributed by atoms with Crippen molar-refractivity contribution in [2.45, 2.75) is 19.3 Å². The van der Waals surface area contributed by atoms with Crippen LogP contribution >= 0.6 is 11.3 Å². The predicted molar refractivity (Wildman–Crippen MR) is 71.9 cm³/mol. The van der Waals surface area contributed by atoms with E-state index in [1.54, 1.807) is 11.6 Å². The standard InChI is InChI=1S/C12H17N3O3S/c16-10(6-9-2-1-4-18-8-9)14-7-11(17)15-12-13-3-5-19-12/h3,5,9H,1-2,4,6-8H2,(H,14,16)(H,13,15,17)/t9-/m0/s1. The predicted octanol–water partition coefficient (Wildman–Crippen LogP) is 1.01. The van der Waals surface area contributed by atoms with Crippen molar-refractivity contribution in [2.24, 2.45) is 5.92 Å². The van der Waals surface area contributed by atoms with Gasteiger partial charge in [-0.3, -0.25) is 9.59 Å². The third-order valence-corrected chi connectivity index (χ3v) is 3.54. The van der Waals surface area contributed by atoms with Crippen LogP contribution in [0.15, 0.2) is 11.6 Å². The largest absolute Gasteiger partial charge is 0.381 e. The summed E-state index contributed by atoms with van der Waals surface area (Å²) >= 11 is 1.34. The minimum Gasteiger partial charge on any atom is -0.381 e. The Hall–Kier alpha value is -1.47. The van der Waals surface area contributed by atoms with E-state index < -0.39 is 0 Å². The van der Waals surface area contributed by atoms with Gasteiger partial charge in [0.05, 0.1) is 6.54 Å². The van der Waals surface area contributed by atoms with Crippen LogP contribution in [0, 0.1) is 5.92 Å². The van der Waals surface area contributed by atoms with Gasteiger partial charge in [0.25, 0.3) is 0 Å². The Balaban J connectivity index is 1.64. The molecule has 0 radical (unpaired) electrons. The number of thiazole rings is 1. The SMILES string of the molecule is O=C(C[C@@H]1CCCOC1)NCC(=O)Nc1nccs1. The zero-order valence-electron chi connectivity index (χ0n) is 10.6. The monoisotopic (exact) mass is 283 g/mol. The van der Waals surface area contributed by atoms with Crippen molar-refractivity contribution in [3.05, 3.63) is 11.6 Å². The molecule has 2 N–H and O–H groups in total. The molecule has 2 heterocycles. The van der Waals surface area contributed by atoms with E-state index in [9.17, 15) is 9.59 Å². The molecule has 19 heavy (non-hydrogen) atoms. The number of rotatable bonds is 5.